The van der Waals surface area contributed by atoms with E-state index in [1.165, 1.54) is 18.4 Å². The van der Waals surface area contributed by atoms with E-state index >= 15 is 0 Å². The van der Waals surface area contributed by atoms with Crippen molar-refractivity contribution in [1.82, 2.24) is 9.55 Å². The first-order valence-corrected chi connectivity index (χ1v) is 13.9. The number of thiazole rings is 1. The number of nitrogens with one attached hydrogen (secondary N) is 1. The van der Waals surface area contributed by atoms with Crippen LogP contribution in [0.1, 0.15) is 49.2 Å². The summed E-state index contributed by atoms with van der Waals surface area (Å²) >= 11 is 4.86. The van der Waals surface area contributed by atoms with Gasteiger partial charge in [-0.05, 0) is 64.5 Å². The van der Waals surface area contributed by atoms with Gasteiger partial charge in [0.05, 0.1) is 29.0 Å². The predicted molar refractivity (Wildman–Crippen MR) is 153 cm³/mol. The molecule has 1 atom stereocenters. The second-order valence-electron chi connectivity index (χ2n) is 9.58. The standard InChI is InChI=1S/C29H28BrN3O4S/c1-14(2)37-22-11-10-18(30)12-21(22)26-24(28(35)36-6)17(5)32-29-33(26)27(34)23(38-29)13-20-16(4)31-25-15(3)8-7-9-19(20)25/h7-14,26,31H,1-6H3/b23-13-/t26-/m1/s1. The van der Waals surface area contributed by atoms with Gasteiger partial charge in [-0.2, -0.15) is 0 Å². The van der Waals surface area contributed by atoms with Crippen molar-refractivity contribution in [2.24, 2.45) is 4.99 Å². The van der Waals surface area contributed by atoms with Crippen LogP contribution in [-0.2, 0) is 9.53 Å². The summed E-state index contributed by atoms with van der Waals surface area (Å²) in [6.45, 7) is 9.70. The van der Waals surface area contributed by atoms with E-state index in [1.807, 2.05) is 57.2 Å². The number of allylic oxidation sites excluding steroid dienone is 1. The van der Waals surface area contributed by atoms with Crippen molar-refractivity contribution in [1.29, 1.82) is 0 Å². The third-order valence-corrected chi connectivity index (χ3v) is 8.09. The Morgan fingerprint density at radius 1 is 1.21 bits per heavy atom. The summed E-state index contributed by atoms with van der Waals surface area (Å²) in [5.41, 5.74) is 5.37. The first-order chi connectivity index (χ1) is 18.1. The zero-order valence-electron chi connectivity index (χ0n) is 22.0. The normalized spacial score (nSPS) is 15.7. The van der Waals surface area contributed by atoms with Crippen LogP contribution in [0, 0.1) is 13.8 Å². The number of esters is 1. The smallest absolute Gasteiger partial charge is 0.338 e. The van der Waals surface area contributed by atoms with E-state index in [-0.39, 0.29) is 11.7 Å². The molecule has 0 amide bonds. The fourth-order valence-electron chi connectivity index (χ4n) is 4.91. The Hall–Kier alpha value is -3.43. The molecule has 7 nitrogen and oxygen atoms in total. The van der Waals surface area contributed by atoms with E-state index in [0.29, 0.717) is 31.9 Å². The molecule has 0 radical (unpaired) electrons. The number of H-pyrrole nitrogens is 1. The van der Waals surface area contributed by atoms with Gasteiger partial charge in [-0.1, -0.05) is 45.5 Å². The lowest BCUT2D eigenvalue weighted by Gasteiger charge is -2.26. The number of methoxy groups -OCH3 is 1. The molecule has 3 heterocycles. The molecular weight excluding hydrogens is 566 g/mol. The molecule has 2 aromatic carbocycles. The number of hydrogen-bond acceptors (Lipinski definition) is 6. The van der Waals surface area contributed by atoms with E-state index in [4.69, 9.17) is 9.47 Å². The Bertz CT molecular complexity index is 1810. The van der Waals surface area contributed by atoms with Gasteiger partial charge in [0, 0.05) is 32.2 Å². The molecule has 0 bridgehead atoms. The molecule has 1 N–H and O–H groups in total. The molecule has 0 aliphatic carbocycles. The molecule has 1 aliphatic heterocycles. The highest BCUT2D eigenvalue weighted by Gasteiger charge is 2.35. The minimum Gasteiger partial charge on any atom is -0.491 e. The fourth-order valence-corrected chi connectivity index (χ4v) is 6.32. The van der Waals surface area contributed by atoms with Crippen molar-refractivity contribution < 1.29 is 14.3 Å². The predicted octanol–water partition coefficient (Wildman–Crippen LogP) is 5.06. The van der Waals surface area contributed by atoms with Crippen molar-refractivity contribution >= 4 is 50.2 Å². The summed E-state index contributed by atoms with van der Waals surface area (Å²) in [6.07, 6.45) is 1.81. The third-order valence-electron chi connectivity index (χ3n) is 6.61. The van der Waals surface area contributed by atoms with Gasteiger partial charge in [-0.15, -0.1) is 0 Å². The Balaban J connectivity index is 1.81. The molecule has 9 heteroatoms. The van der Waals surface area contributed by atoms with Crippen LogP contribution in [0.25, 0.3) is 17.0 Å². The Labute approximate surface area is 232 Å². The van der Waals surface area contributed by atoms with Gasteiger partial charge in [-0.3, -0.25) is 9.36 Å². The molecule has 1 aliphatic rings. The number of nitrogens with zero attached hydrogens (tertiary/aromatic N) is 2. The largest absolute Gasteiger partial charge is 0.491 e. The second-order valence-corrected chi connectivity index (χ2v) is 11.5. The minimum atomic E-state index is -0.765. The van der Waals surface area contributed by atoms with E-state index in [1.54, 1.807) is 11.5 Å². The fraction of sp³-hybridized carbons (Fsp3) is 0.276. The first kappa shape index (κ1) is 26.2. The van der Waals surface area contributed by atoms with Crippen molar-refractivity contribution in [2.75, 3.05) is 7.11 Å². The van der Waals surface area contributed by atoms with Crippen LogP contribution in [-0.4, -0.2) is 28.7 Å². The van der Waals surface area contributed by atoms with E-state index < -0.39 is 12.0 Å². The molecule has 0 unspecified atom stereocenters. The lowest BCUT2D eigenvalue weighted by atomic mass is 9.95. The Morgan fingerprint density at radius 2 is 1.97 bits per heavy atom. The van der Waals surface area contributed by atoms with Crippen LogP contribution in [0.5, 0.6) is 5.75 Å². The van der Waals surface area contributed by atoms with Crippen molar-refractivity contribution in [2.45, 2.75) is 46.8 Å². The first-order valence-electron chi connectivity index (χ1n) is 12.3. The number of carbonyl (C=O) groups excluding carboxylic acids is 1. The quantitative estimate of drug-likeness (QED) is 0.328. The summed E-state index contributed by atoms with van der Waals surface area (Å²) in [4.78, 5) is 35.8. The number of aryl methyl sites for hydroxylation is 2. The lowest BCUT2D eigenvalue weighted by molar-refractivity contribution is -0.136. The average molecular weight is 595 g/mol. The highest BCUT2D eigenvalue weighted by molar-refractivity contribution is 9.10. The van der Waals surface area contributed by atoms with Crippen molar-refractivity contribution in [3.8, 4) is 5.75 Å². The number of aromatic nitrogens is 2. The number of halogens is 1. The van der Waals surface area contributed by atoms with E-state index in [2.05, 4.69) is 38.9 Å². The highest BCUT2D eigenvalue weighted by atomic mass is 79.9. The van der Waals surface area contributed by atoms with Crippen molar-refractivity contribution in [3.05, 3.63) is 94.2 Å². The van der Waals surface area contributed by atoms with Crippen LogP contribution in [0.4, 0.5) is 0 Å². The molecule has 5 rings (SSSR count). The van der Waals surface area contributed by atoms with E-state index in [0.717, 1.165) is 32.2 Å². The summed E-state index contributed by atoms with van der Waals surface area (Å²) < 4.78 is 14.2. The molecule has 38 heavy (non-hydrogen) atoms. The number of hydrogen-bond donors (Lipinski definition) is 1. The lowest BCUT2D eigenvalue weighted by Crippen LogP contribution is -2.40. The Kier molecular flexibility index (Phi) is 6.92. The summed E-state index contributed by atoms with van der Waals surface area (Å²) in [6, 6.07) is 11.0. The SMILES string of the molecule is COC(=O)C1=C(C)N=c2s/c(=C\c3c(C)[nH]c4c(C)cccc34)c(=O)n2[C@@H]1c1cc(Br)ccc1OC(C)C. The maximum Gasteiger partial charge on any atom is 0.338 e. The maximum absolute atomic E-state index is 14.1. The zero-order valence-corrected chi connectivity index (χ0v) is 24.4. The average Bonchev–Trinajstić information content (AvgIpc) is 3.35. The van der Waals surface area contributed by atoms with Gasteiger partial charge in [0.15, 0.2) is 4.80 Å². The highest BCUT2D eigenvalue weighted by Crippen LogP contribution is 2.38. The minimum absolute atomic E-state index is 0.106. The molecular formula is C29H28BrN3O4S. The number of ether oxygens (including phenoxy) is 2. The number of benzene rings is 2. The Morgan fingerprint density at radius 3 is 2.68 bits per heavy atom. The van der Waals surface area contributed by atoms with Gasteiger partial charge in [-0.25, -0.2) is 9.79 Å². The molecule has 0 saturated heterocycles. The number of fused-ring (bicyclic) bond motifs is 2. The monoisotopic (exact) mass is 593 g/mol. The van der Waals surface area contributed by atoms with Gasteiger partial charge >= 0.3 is 5.97 Å². The third kappa shape index (κ3) is 4.43. The molecule has 2 aromatic heterocycles. The second kappa shape index (κ2) is 10.0. The molecule has 0 fully saturated rings. The zero-order chi connectivity index (χ0) is 27.3. The van der Waals surface area contributed by atoms with E-state index in [9.17, 15) is 9.59 Å². The van der Waals surface area contributed by atoms with Gasteiger partial charge in [0.2, 0.25) is 0 Å². The topological polar surface area (TPSA) is 85.7 Å². The van der Waals surface area contributed by atoms with Crippen LogP contribution >= 0.6 is 27.3 Å². The molecule has 0 saturated carbocycles. The summed E-state index contributed by atoms with van der Waals surface area (Å²) in [5.74, 6) is 0.0470. The van der Waals surface area contributed by atoms with Gasteiger partial charge in [0.1, 0.15) is 11.8 Å². The number of para-hydroxylation sites is 1. The van der Waals surface area contributed by atoms with Gasteiger partial charge < -0.3 is 14.5 Å². The van der Waals surface area contributed by atoms with Crippen LogP contribution < -0.4 is 19.6 Å². The summed E-state index contributed by atoms with van der Waals surface area (Å²) in [5, 5.41) is 1.05. The number of rotatable bonds is 5. The van der Waals surface area contributed by atoms with Gasteiger partial charge in [0.25, 0.3) is 5.56 Å². The van der Waals surface area contributed by atoms with Crippen LogP contribution in [0.3, 0.4) is 0 Å². The summed E-state index contributed by atoms with van der Waals surface area (Å²) in [7, 11) is 1.33. The van der Waals surface area contributed by atoms with Crippen molar-refractivity contribution in [3.63, 3.8) is 0 Å². The molecule has 196 valence electrons. The molecule has 0 spiro atoms. The number of aromatic amines is 1. The van der Waals surface area contributed by atoms with Crippen LogP contribution in [0.15, 0.2) is 61.9 Å². The maximum atomic E-state index is 14.1. The number of carbonyl (C=O) groups is 1. The molecule has 4 aromatic rings. The van der Waals surface area contributed by atoms with Crippen LogP contribution in [0.2, 0.25) is 0 Å².